The zero-order valence-corrected chi connectivity index (χ0v) is 12.7. The maximum Gasteiger partial charge on any atom is 0.311 e. The standard InChI is InChI=1S/C15H19ClN2O3/c1-2-6-15(14(20)21)7-8-18(9-15)11-5-3-4-10(16)12(11)13(17)19/h3-5H,2,6-9H2,1H3,(H2,17,19)(H,20,21). The van der Waals surface area contributed by atoms with E-state index in [0.29, 0.717) is 36.6 Å². The van der Waals surface area contributed by atoms with Crippen molar-refractivity contribution in [2.45, 2.75) is 26.2 Å². The zero-order chi connectivity index (χ0) is 15.6. The molecule has 0 spiro atoms. The van der Waals surface area contributed by atoms with Gasteiger partial charge in [-0.2, -0.15) is 0 Å². The first-order chi connectivity index (χ1) is 9.91. The van der Waals surface area contributed by atoms with Crippen LogP contribution in [0.25, 0.3) is 0 Å². The Hall–Kier alpha value is -1.75. The van der Waals surface area contributed by atoms with Gasteiger partial charge in [-0.15, -0.1) is 0 Å². The third-order valence-corrected chi connectivity index (χ3v) is 4.43. The summed E-state index contributed by atoms with van der Waals surface area (Å²) in [7, 11) is 0. The van der Waals surface area contributed by atoms with Crippen molar-refractivity contribution >= 4 is 29.2 Å². The quantitative estimate of drug-likeness (QED) is 0.875. The number of amides is 1. The van der Waals surface area contributed by atoms with Crippen LogP contribution in [0.2, 0.25) is 5.02 Å². The molecule has 0 saturated carbocycles. The molecule has 1 aliphatic rings. The topological polar surface area (TPSA) is 83.6 Å². The van der Waals surface area contributed by atoms with Gasteiger partial charge in [0.25, 0.3) is 5.91 Å². The van der Waals surface area contributed by atoms with Crippen LogP contribution in [0, 0.1) is 5.41 Å². The minimum absolute atomic E-state index is 0.261. The number of aliphatic carboxylic acids is 1. The lowest BCUT2D eigenvalue weighted by atomic mass is 9.83. The molecule has 1 aliphatic heterocycles. The first-order valence-electron chi connectivity index (χ1n) is 6.98. The number of primary amides is 1. The summed E-state index contributed by atoms with van der Waals surface area (Å²) in [5.41, 5.74) is 5.53. The summed E-state index contributed by atoms with van der Waals surface area (Å²) >= 11 is 6.05. The molecule has 1 amide bonds. The molecule has 1 heterocycles. The fraction of sp³-hybridized carbons (Fsp3) is 0.467. The lowest BCUT2D eigenvalue weighted by molar-refractivity contribution is -0.148. The van der Waals surface area contributed by atoms with Gasteiger partial charge in [0.2, 0.25) is 0 Å². The molecule has 0 aromatic heterocycles. The van der Waals surface area contributed by atoms with Crippen LogP contribution < -0.4 is 10.6 Å². The lowest BCUT2D eigenvalue weighted by Crippen LogP contribution is -2.35. The van der Waals surface area contributed by atoms with Crippen LogP contribution >= 0.6 is 11.6 Å². The van der Waals surface area contributed by atoms with E-state index < -0.39 is 17.3 Å². The number of nitrogens with two attached hydrogens (primary N) is 1. The molecule has 1 unspecified atom stereocenters. The summed E-state index contributed by atoms with van der Waals surface area (Å²) in [5, 5.41) is 9.84. The smallest absolute Gasteiger partial charge is 0.311 e. The first-order valence-corrected chi connectivity index (χ1v) is 7.36. The van der Waals surface area contributed by atoms with Gasteiger partial charge in [0.15, 0.2) is 0 Å². The van der Waals surface area contributed by atoms with Crippen LogP contribution in [0.1, 0.15) is 36.5 Å². The van der Waals surface area contributed by atoms with E-state index in [1.54, 1.807) is 18.2 Å². The van der Waals surface area contributed by atoms with Crippen LogP contribution in [-0.2, 0) is 4.79 Å². The number of rotatable bonds is 5. The number of carbonyl (C=O) groups excluding carboxylic acids is 1. The third-order valence-electron chi connectivity index (χ3n) is 4.11. The summed E-state index contributed by atoms with van der Waals surface area (Å²) in [5.74, 6) is -1.38. The SMILES string of the molecule is CCCC1(C(=O)O)CCN(c2cccc(Cl)c2C(N)=O)C1. The Kier molecular flexibility index (Phi) is 4.42. The van der Waals surface area contributed by atoms with Crippen LogP contribution in [-0.4, -0.2) is 30.1 Å². The number of nitrogens with zero attached hydrogens (tertiary/aromatic N) is 1. The van der Waals surface area contributed by atoms with E-state index in [1.165, 1.54) is 0 Å². The monoisotopic (exact) mass is 310 g/mol. The van der Waals surface area contributed by atoms with E-state index in [2.05, 4.69) is 0 Å². The van der Waals surface area contributed by atoms with E-state index in [4.69, 9.17) is 17.3 Å². The molecule has 0 bridgehead atoms. The van der Waals surface area contributed by atoms with Gasteiger partial charge in [0.1, 0.15) is 0 Å². The molecular weight excluding hydrogens is 292 g/mol. The van der Waals surface area contributed by atoms with Crippen molar-refractivity contribution in [3.63, 3.8) is 0 Å². The van der Waals surface area contributed by atoms with E-state index in [-0.39, 0.29) is 5.56 Å². The number of hydrogen-bond donors (Lipinski definition) is 2. The number of carboxylic acid groups (broad SMARTS) is 1. The van der Waals surface area contributed by atoms with Gasteiger partial charge in [0, 0.05) is 13.1 Å². The van der Waals surface area contributed by atoms with Crippen molar-refractivity contribution < 1.29 is 14.7 Å². The Labute approximate surface area is 128 Å². The fourth-order valence-electron chi connectivity index (χ4n) is 3.06. The van der Waals surface area contributed by atoms with Gasteiger partial charge in [-0.25, -0.2) is 0 Å². The van der Waals surface area contributed by atoms with Crippen LogP contribution in [0.15, 0.2) is 18.2 Å². The maximum absolute atomic E-state index is 11.6. The summed E-state index contributed by atoms with van der Waals surface area (Å²) in [6, 6.07) is 5.11. The Morgan fingerprint density at radius 1 is 1.48 bits per heavy atom. The van der Waals surface area contributed by atoms with Crippen LogP contribution in [0.4, 0.5) is 5.69 Å². The highest BCUT2D eigenvalue weighted by Crippen LogP contribution is 2.39. The third kappa shape index (κ3) is 2.83. The van der Waals surface area contributed by atoms with E-state index >= 15 is 0 Å². The molecule has 114 valence electrons. The lowest BCUT2D eigenvalue weighted by Gasteiger charge is -2.26. The van der Waals surface area contributed by atoms with Crippen molar-refractivity contribution in [1.82, 2.24) is 0 Å². The zero-order valence-electron chi connectivity index (χ0n) is 11.9. The molecule has 1 fully saturated rings. The highest BCUT2D eigenvalue weighted by molar-refractivity contribution is 6.34. The van der Waals surface area contributed by atoms with Crippen molar-refractivity contribution in [2.24, 2.45) is 11.1 Å². The van der Waals surface area contributed by atoms with Crippen molar-refractivity contribution in [2.75, 3.05) is 18.0 Å². The molecule has 5 nitrogen and oxygen atoms in total. The Bertz CT molecular complexity index is 576. The maximum atomic E-state index is 11.6. The molecule has 21 heavy (non-hydrogen) atoms. The molecule has 1 aromatic carbocycles. The second-order valence-electron chi connectivity index (χ2n) is 5.51. The number of carbonyl (C=O) groups is 2. The highest BCUT2D eigenvalue weighted by atomic mass is 35.5. The molecule has 3 N–H and O–H groups in total. The molecule has 6 heteroatoms. The Balaban J connectivity index is 2.36. The predicted octanol–water partition coefficient (Wildman–Crippen LogP) is 2.52. The summed E-state index contributed by atoms with van der Waals surface area (Å²) in [6.07, 6.45) is 1.98. The van der Waals surface area contributed by atoms with E-state index in [1.807, 2.05) is 11.8 Å². The first kappa shape index (κ1) is 15.6. The van der Waals surface area contributed by atoms with Crippen molar-refractivity contribution in [1.29, 1.82) is 0 Å². The largest absolute Gasteiger partial charge is 0.481 e. The number of anilines is 1. The molecule has 1 atom stereocenters. The Morgan fingerprint density at radius 3 is 2.76 bits per heavy atom. The van der Waals surface area contributed by atoms with Gasteiger partial charge >= 0.3 is 5.97 Å². The fourth-order valence-corrected chi connectivity index (χ4v) is 3.33. The summed E-state index contributed by atoms with van der Waals surface area (Å²) < 4.78 is 0. The van der Waals surface area contributed by atoms with Gasteiger partial charge in [-0.1, -0.05) is 31.0 Å². The number of benzene rings is 1. The molecule has 0 aliphatic carbocycles. The van der Waals surface area contributed by atoms with Crippen LogP contribution in [0.5, 0.6) is 0 Å². The minimum Gasteiger partial charge on any atom is -0.481 e. The molecule has 2 rings (SSSR count). The second-order valence-corrected chi connectivity index (χ2v) is 5.91. The van der Waals surface area contributed by atoms with Gasteiger partial charge < -0.3 is 15.7 Å². The number of carboxylic acids is 1. The number of halogens is 1. The Morgan fingerprint density at radius 2 is 2.19 bits per heavy atom. The summed E-state index contributed by atoms with van der Waals surface area (Å²) in [6.45, 7) is 2.92. The highest BCUT2D eigenvalue weighted by Gasteiger charge is 2.44. The van der Waals surface area contributed by atoms with Gasteiger partial charge in [-0.3, -0.25) is 9.59 Å². The minimum atomic E-state index is -0.783. The molecular formula is C15H19ClN2O3. The van der Waals surface area contributed by atoms with Crippen molar-refractivity contribution in [3.05, 3.63) is 28.8 Å². The average Bonchev–Trinajstić information content (AvgIpc) is 2.84. The van der Waals surface area contributed by atoms with E-state index in [9.17, 15) is 14.7 Å². The molecule has 1 aromatic rings. The predicted molar refractivity (Wildman–Crippen MR) is 81.8 cm³/mol. The van der Waals surface area contributed by atoms with Gasteiger partial charge in [-0.05, 0) is 25.0 Å². The number of hydrogen-bond acceptors (Lipinski definition) is 3. The second kappa shape index (κ2) is 5.93. The van der Waals surface area contributed by atoms with Crippen molar-refractivity contribution in [3.8, 4) is 0 Å². The molecule has 1 saturated heterocycles. The van der Waals surface area contributed by atoms with Gasteiger partial charge in [0.05, 0.1) is 21.7 Å². The summed E-state index contributed by atoms with van der Waals surface area (Å²) in [4.78, 5) is 25.1. The van der Waals surface area contributed by atoms with Crippen LogP contribution in [0.3, 0.4) is 0 Å². The average molecular weight is 311 g/mol. The molecule has 0 radical (unpaired) electrons. The normalized spacial score (nSPS) is 21.5. The van der Waals surface area contributed by atoms with E-state index in [0.717, 1.165) is 6.42 Å².